The van der Waals surface area contributed by atoms with Crippen molar-refractivity contribution in [2.45, 2.75) is 58.2 Å². The van der Waals surface area contributed by atoms with Gasteiger partial charge in [-0.1, -0.05) is 75.2 Å². The van der Waals surface area contributed by atoms with Crippen LogP contribution >= 0.6 is 0 Å². The SMILES string of the molecule is CCCC(CC(CCC)OC(=O)c1ccccc1)OC(=O)C(=O)c1ccccc1. The highest BCUT2D eigenvalue weighted by Crippen LogP contribution is 2.18. The average Bonchev–Trinajstić information content (AvgIpc) is 2.74. The van der Waals surface area contributed by atoms with E-state index in [1.165, 1.54) is 0 Å². The summed E-state index contributed by atoms with van der Waals surface area (Å²) < 4.78 is 11.2. The molecular weight excluding hydrogens is 368 g/mol. The molecule has 29 heavy (non-hydrogen) atoms. The van der Waals surface area contributed by atoms with Gasteiger partial charge < -0.3 is 9.47 Å². The van der Waals surface area contributed by atoms with Crippen molar-refractivity contribution in [1.29, 1.82) is 0 Å². The van der Waals surface area contributed by atoms with E-state index in [4.69, 9.17) is 9.47 Å². The Morgan fingerprint density at radius 1 is 0.724 bits per heavy atom. The van der Waals surface area contributed by atoms with Crippen molar-refractivity contribution in [2.24, 2.45) is 0 Å². The molecule has 154 valence electrons. The van der Waals surface area contributed by atoms with E-state index in [-0.39, 0.29) is 6.10 Å². The van der Waals surface area contributed by atoms with Gasteiger partial charge in [0.15, 0.2) is 0 Å². The second-order valence-corrected chi connectivity index (χ2v) is 6.93. The van der Waals surface area contributed by atoms with E-state index in [1.807, 2.05) is 19.9 Å². The third-order valence-corrected chi connectivity index (χ3v) is 4.53. The van der Waals surface area contributed by atoms with Gasteiger partial charge in [0.1, 0.15) is 12.2 Å². The molecule has 2 aromatic rings. The van der Waals surface area contributed by atoms with E-state index in [9.17, 15) is 14.4 Å². The van der Waals surface area contributed by atoms with Crippen LogP contribution in [0.2, 0.25) is 0 Å². The van der Waals surface area contributed by atoms with Gasteiger partial charge in [0.2, 0.25) is 0 Å². The summed E-state index contributed by atoms with van der Waals surface area (Å²) in [6.45, 7) is 3.98. The minimum atomic E-state index is -0.876. The number of hydrogen-bond acceptors (Lipinski definition) is 5. The van der Waals surface area contributed by atoms with E-state index in [2.05, 4.69) is 0 Å². The smallest absolute Gasteiger partial charge is 0.379 e. The maximum absolute atomic E-state index is 12.4. The predicted molar refractivity (Wildman–Crippen MR) is 111 cm³/mol. The summed E-state index contributed by atoms with van der Waals surface area (Å²) in [6, 6.07) is 17.1. The first kappa shape index (κ1) is 22.3. The lowest BCUT2D eigenvalue weighted by Gasteiger charge is -2.23. The fourth-order valence-electron chi connectivity index (χ4n) is 3.09. The number of carbonyl (C=O) groups is 3. The van der Waals surface area contributed by atoms with E-state index in [0.717, 1.165) is 12.8 Å². The van der Waals surface area contributed by atoms with E-state index in [0.29, 0.717) is 30.4 Å². The number of ketones is 1. The van der Waals surface area contributed by atoms with Gasteiger partial charge in [0, 0.05) is 12.0 Å². The van der Waals surface area contributed by atoms with Crippen molar-refractivity contribution >= 4 is 17.7 Å². The standard InChI is InChI=1S/C24H28O5/c1-3-11-20(28-23(26)19-15-9-6-10-16-19)17-21(12-4-2)29-24(27)22(25)18-13-7-5-8-14-18/h5-10,13-16,20-21H,3-4,11-12,17H2,1-2H3. The molecule has 0 aliphatic carbocycles. The van der Waals surface area contributed by atoms with Crippen LogP contribution in [0.4, 0.5) is 0 Å². The fraction of sp³-hybridized carbons (Fsp3) is 0.375. The highest BCUT2D eigenvalue weighted by molar-refractivity contribution is 6.40. The maximum atomic E-state index is 12.4. The maximum Gasteiger partial charge on any atom is 0.379 e. The molecule has 0 radical (unpaired) electrons. The molecule has 0 aliphatic rings. The topological polar surface area (TPSA) is 69.7 Å². The van der Waals surface area contributed by atoms with Crippen LogP contribution in [0.1, 0.15) is 66.7 Å². The summed E-state index contributed by atoms with van der Waals surface area (Å²) in [7, 11) is 0. The summed E-state index contributed by atoms with van der Waals surface area (Å²) in [6.07, 6.45) is 2.35. The molecule has 0 aliphatic heterocycles. The molecule has 2 aromatic carbocycles. The van der Waals surface area contributed by atoms with Crippen molar-refractivity contribution in [1.82, 2.24) is 0 Å². The van der Waals surface area contributed by atoms with Crippen LogP contribution in [0.25, 0.3) is 0 Å². The van der Waals surface area contributed by atoms with Crippen molar-refractivity contribution in [2.75, 3.05) is 0 Å². The number of rotatable bonds is 11. The van der Waals surface area contributed by atoms with Gasteiger partial charge >= 0.3 is 11.9 Å². The van der Waals surface area contributed by atoms with E-state index in [1.54, 1.807) is 54.6 Å². The van der Waals surface area contributed by atoms with Crippen LogP contribution in [0.5, 0.6) is 0 Å². The van der Waals surface area contributed by atoms with Gasteiger partial charge in [-0.15, -0.1) is 0 Å². The highest BCUT2D eigenvalue weighted by Gasteiger charge is 2.26. The molecule has 0 amide bonds. The van der Waals surface area contributed by atoms with Gasteiger partial charge in [-0.05, 0) is 25.0 Å². The molecule has 5 nitrogen and oxygen atoms in total. The average molecular weight is 396 g/mol. The molecule has 0 heterocycles. The molecule has 0 spiro atoms. The zero-order chi connectivity index (χ0) is 21.1. The number of hydrogen-bond donors (Lipinski definition) is 0. The van der Waals surface area contributed by atoms with Crippen LogP contribution in [-0.2, 0) is 14.3 Å². The Kier molecular flexibility index (Phi) is 9.09. The van der Waals surface area contributed by atoms with E-state index < -0.39 is 23.8 Å². The monoisotopic (exact) mass is 396 g/mol. The highest BCUT2D eigenvalue weighted by atomic mass is 16.6. The Morgan fingerprint density at radius 3 is 1.72 bits per heavy atom. The molecule has 0 bridgehead atoms. The largest absolute Gasteiger partial charge is 0.459 e. The Balaban J connectivity index is 2.02. The Hall–Kier alpha value is -2.95. The van der Waals surface area contributed by atoms with Gasteiger partial charge in [-0.25, -0.2) is 9.59 Å². The Labute approximate surface area is 172 Å². The van der Waals surface area contributed by atoms with Crippen molar-refractivity contribution < 1.29 is 23.9 Å². The molecule has 2 unspecified atom stereocenters. The zero-order valence-electron chi connectivity index (χ0n) is 17.0. The second-order valence-electron chi connectivity index (χ2n) is 6.93. The van der Waals surface area contributed by atoms with Crippen LogP contribution < -0.4 is 0 Å². The first-order chi connectivity index (χ1) is 14.0. The van der Waals surface area contributed by atoms with Crippen LogP contribution in [0.3, 0.4) is 0 Å². The molecule has 2 atom stereocenters. The Morgan fingerprint density at radius 2 is 1.21 bits per heavy atom. The molecule has 0 saturated carbocycles. The second kappa shape index (κ2) is 11.8. The summed E-state index contributed by atoms with van der Waals surface area (Å²) >= 11 is 0. The van der Waals surface area contributed by atoms with Gasteiger partial charge in [-0.2, -0.15) is 0 Å². The molecular formula is C24H28O5. The van der Waals surface area contributed by atoms with Gasteiger partial charge in [-0.3, -0.25) is 4.79 Å². The van der Waals surface area contributed by atoms with Crippen molar-refractivity contribution in [3.8, 4) is 0 Å². The van der Waals surface area contributed by atoms with Crippen molar-refractivity contribution in [3.63, 3.8) is 0 Å². The fourth-order valence-corrected chi connectivity index (χ4v) is 3.09. The minimum absolute atomic E-state index is 0.299. The first-order valence-corrected chi connectivity index (χ1v) is 10.1. The molecule has 5 heteroatoms. The lowest BCUT2D eigenvalue weighted by molar-refractivity contribution is -0.145. The molecule has 0 N–H and O–H groups in total. The molecule has 2 rings (SSSR count). The lowest BCUT2D eigenvalue weighted by Crippen LogP contribution is -2.30. The van der Waals surface area contributed by atoms with Crippen LogP contribution in [-0.4, -0.2) is 29.9 Å². The summed E-state index contributed by atoms with van der Waals surface area (Å²) in [4.78, 5) is 37.0. The van der Waals surface area contributed by atoms with Crippen molar-refractivity contribution in [3.05, 3.63) is 71.8 Å². The summed E-state index contributed by atoms with van der Waals surface area (Å²) in [5.41, 5.74) is 0.783. The zero-order valence-corrected chi connectivity index (χ0v) is 17.0. The third kappa shape index (κ3) is 7.18. The third-order valence-electron chi connectivity index (χ3n) is 4.53. The first-order valence-electron chi connectivity index (χ1n) is 10.1. The molecule has 0 saturated heterocycles. The molecule has 0 aromatic heterocycles. The number of benzene rings is 2. The number of ether oxygens (including phenoxy) is 2. The summed E-state index contributed by atoms with van der Waals surface area (Å²) in [5, 5.41) is 0. The van der Waals surface area contributed by atoms with Gasteiger partial charge in [0.25, 0.3) is 5.78 Å². The normalized spacial score (nSPS) is 12.6. The number of carbonyl (C=O) groups excluding carboxylic acids is 3. The quantitative estimate of drug-likeness (QED) is 0.304. The minimum Gasteiger partial charge on any atom is -0.459 e. The van der Waals surface area contributed by atoms with Crippen LogP contribution in [0.15, 0.2) is 60.7 Å². The summed E-state index contributed by atoms with van der Waals surface area (Å²) in [5.74, 6) is -1.94. The number of Topliss-reactive ketones (excluding diaryl/α,β-unsaturated/α-hetero) is 1. The molecule has 0 fully saturated rings. The van der Waals surface area contributed by atoms with Gasteiger partial charge in [0.05, 0.1) is 5.56 Å². The lowest BCUT2D eigenvalue weighted by atomic mass is 10.0. The van der Waals surface area contributed by atoms with Crippen LogP contribution in [0, 0.1) is 0 Å². The number of esters is 2. The van der Waals surface area contributed by atoms with E-state index >= 15 is 0 Å². The predicted octanol–water partition coefficient (Wildman–Crippen LogP) is 5.00. The Bertz CT molecular complexity index is 785.